The van der Waals surface area contributed by atoms with E-state index in [0.717, 1.165) is 23.2 Å². The van der Waals surface area contributed by atoms with Gasteiger partial charge in [-0.05, 0) is 44.5 Å². The lowest BCUT2D eigenvalue weighted by molar-refractivity contribution is 0.217. The quantitative estimate of drug-likeness (QED) is 0.861. The highest BCUT2D eigenvalue weighted by atomic mass is 79.9. The van der Waals surface area contributed by atoms with Crippen molar-refractivity contribution < 1.29 is 0 Å². The maximum atomic E-state index is 6.19. The van der Waals surface area contributed by atoms with Crippen molar-refractivity contribution in [3.05, 3.63) is 26.7 Å². The van der Waals surface area contributed by atoms with Crippen LogP contribution in [0.25, 0.3) is 0 Å². The number of nitrogens with zero attached hydrogens (tertiary/aromatic N) is 1. The molecule has 1 heterocycles. The molecule has 1 aromatic carbocycles. The molecule has 1 fully saturated rings. The average Bonchev–Trinajstić information content (AvgIpc) is 2.27. The summed E-state index contributed by atoms with van der Waals surface area (Å²) in [4.78, 5) is 2.38. The highest BCUT2D eigenvalue weighted by molar-refractivity contribution is 9.10. The van der Waals surface area contributed by atoms with Gasteiger partial charge in [-0.2, -0.15) is 0 Å². The van der Waals surface area contributed by atoms with Gasteiger partial charge in [0.1, 0.15) is 0 Å². The zero-order valence-electron chi connectivity index (χ0n) is 10.3. The van der Waals surface area contributed by atoms with E-state index in [1.165, 1.54) is 19.4 Å². The highest BCUT2D eigenvalue weighted by Gasteiger charge is 2.17. The average molecular weight is 352 g/mol. The number of likely N-dealkylation sites (tertiary alicyclic amines) is 1. The van der Waals surface area contributed by atoms with Gasteiger partial charge in [0, 0.05) is 17.6 Å². The van der Waals surface area contributed by atoms with Crippen molar-refractivity contribution in [1.82, 2.24) is 4.90 Å². The van der Waals surface area contributed by atoms with Crippen LogP contribution in [0.3, 0.4) is 0 Å². The third-order valence-electron chi connectivity index (χ3n) is 3.30. The number of benzene rings is 1. The van der Waals surface area contributed by atoms with Crippen LogP contribution >= 0.6 is 39.1 Å². The lowest BCUT2D eigenvalue weighted by Gasteiger charge is -2.30. The molecule has 5 heteroatoms. The Morgan fingerprint density at radius 3 is 2.67 bits per heavy atom. The molecule has 0 bridgehead atoms. The van der Waals surface area contributed by atoms with E-state index in [4.69, 9.17) is 23.2 Å². The first kappa shape index (κ1) is 14.4. The second-order valence-electron chi connectivity index (χ2n) is 4.90. The first-order valence-electron chi connectivity index (χ1n) is 6.13. The van der Waals surface area contributed by atoms with Crippen molar-refractivity contribution in [1.29, 1.82) is 0 Å². The summed E-state index contributed by atoms with van der Waals surface area (Å²) >= 11 is 15.8. The Morgan fingerprint density at radius 1 is 1.39 bits per heavy atom. The lowest BCUT2D eigenvalue weighted by Crippen LogP contribution is -2.35. The fourth-order valence-corrected chi connectivity index (χ4v) is 3.74. The SMILES string of the molecule is CN1CCCC(CNc2c(Cl)cc(Br)cc2Cl)C1. The molecule has 2 nitrogen and oxygen atoms in total. The second kappa shape index (κ2) is 6.47. The van der Waals surface area contributed by atoms with Crippen LogP contribution in [0.1, 0.15) is 12.8 Å². The van der Waals surface area contributed by atoms with Gasteiger partial charge in [-0.15, -0.1) is 0 Å². The van der Waals surface area contributed by atoms with E-state index in [9.17, 15) is 0 Å². The smallest absolute Gasteiger partial charge is 0.0719 e. The van der Waals surface area contributed by atoms with Gasteiger partial charge in [0.25, 0.3) is 0 Å². The summed E-state index contributed by atoms with van der Waals surface area (Å²) in [5.74, 6) is 0.666. The number of hydrogen-bond donors (Lipinski definition) is 1. The lowest BCUT2D eigenvalue weighted by atomic mass is 9.98. The number of nitrogens with one attached hydrogen (secondary N) is 1. The topological polar surface area (TPSA) is 15.3 Å². The number of hydrogen-bond acceptors (Lipinski definition) is 2. The van der Waals surface area contributed by atoms with E-state index in [1.54, 1.807) is 0 Å². The fraction of sp³-hybridized carbons (Fsp3) is 0.538. The van der Waals surface area contributed by atoms with E-state index in [-0.39, 0.29) is 0 Å². The van der Waals surface area contributed by atoms with Crippen molar-refractivity contribution in [2.24, 2.45) is 5.92 Å². The van der Waals surface area contributed by atoms with E-state index in [1.807, 2.05) is 12.1 Å². The molecule has 1 aliphatic rings. The molecule has 1 N–H and O–H groups in total. The van der Waals surface area contributed by atoms with Crippen molar-refractivity contribution in [3.8, 4) is 0 Å². The van der Waals surface area contributed by atoms with E-state index < -0.39 is 0 Å². The number of piperidine rings is 1. The van der Waals surface area contributed by atoms with Crippen LogP contribution in [-0.2, 0) is 0 Å². The Bertz CT molecular complexity index is 402. The fourth-order valence-electron chi connectivity index (χ4n) is 2.40. The summed E-state index contributed by atoms with van der Waals surface area (Å²) in [6, 6.07) is 3.73. The van der Waals surface area contributed by atoms with E-state index in [2.05, 4.69) is 33.2 Å². The highest BCUT2D eigenvalue weighted by Crippen LogP contribution is 2.34. The predicted molar refractivity (Wildman–Crippen MR) is 82.9 cm³/mol. The molecule has 1 atom stereocenters. The van der Waals surface area contributed by atoms with Gasteiger partial charge in [-0.25, -0.2) is 0 Å². The third kappa shape index (κ3) is 3.77. The molecule has 0 amide bonds. The van der Waals surface area contributed by atoms with Crippen LogP contribution in [0.4, 0.5) is 5.69 Å². The number of anilines is 1. The summed E-state index contributed by atoms with van der Waals surface area (Å²) in [5, 5.41) is 4.72. The maximum absolute atomic E-state index is 6.19. The molecular formula is C13H17BrCl2N2. The Morgan fingerprint density at radius 2 is 2.06 bits per heavy atom. The molecule has 0 radical (unpaired) electrons. The number of halogens is 3. The van der Waals surface area contributed by atoms with Crippen molar-refractivity contribution in [3.63, 3.8) is 0 Å². The first-order chi connectivity index (χ1) is 8.56. The van der Waals surface area contributed by atoms with Gasteiger partial charge in [-0.1, -0.05) is 39.1 Å². The molecule has 1 aromatic rings. The summed E-state index contributed by atoms with van der Waals surface area (Å²) in [6.07, 6.45) is 2.54. The van der Waals surface area contributed by atoms with Crippen molar-refractivity contribution in [2.45, 2.75) is 12.8 Å². The minimum absolute atomic E-state index is 0.665. The minimum Gasteiger partial charge on any atom is -0.382 e. The molecular weight excluding hydrogens is 335 g/mol. The Balaban J connectivity index is 1.97. The number of rotatable bonds is 3. The molecule has 1 aliphatic heterocycles. The molecule has 0 saturated carbocycles. The van der Waals surface area contributed by atoms with Crippen LogP contribution < -0.4 is 5.32 Å². The van der Waals surface area contributed by atoms with Crippen LogP contribution in [0.15, 0.2) is 16.6 Å². The van der Waals surface area contributed by atoms with Gasteiger partial charge in [0.2, 0.25) is 0 Å². The first-order valence-corrected chi connectivity index (χ1v) is 7.68. The van der Waals surface area contributed by atoms with Gasteiger partial charge in [-0.3, -0.25) is 0 Å². The zero-order valence-corrected chi connectivity index (χ0v) is 13.4. The normalized spacial score (nSPS) is 21.0. The summed E-state index contributed by atoms with van der Waals surface area (Å²) in [7, 11) is 2.17. The van der Waals surface area contributed by atoms with Gasteiger partial charge in [0.15, 0.2) is 0 Å². The van der Waals surface area contributed by atoms with Crippen LogP contribution in [0, 0.1) is 5.92 Å². The zero-order chi connectivity index (χ0) is 13.1. The minimum atomic E-state index is 0.665. The maximum Gasteiger partial charge on any atom is 0.0719 e. The molecule has 0 spiro atoms. The van der Waals surface area contributed by atoms with Gasteiger partial charge < -0.3 is 10.2 Å². The predicted octanol–water partition coefficient (Wildman–Crippen LogP) is 4.51. The Kier molecular flexibility index (Phi) is 5.19. The van der Waals surface area contributed by atoms with Crippen molar-refractivity contribution >= 4 is 44.8 Å². The molecule has 1 saturated heterocycles. The van der Waals surface area contributed by atoms with Crippen LogP contribution in [0.2, 0.25) is 10.0 Å². The largest absolute Gasteiger partial charge is 0.382 e. The van der Waals surface area contributed by atoms with Crippen LogP contribution in [-0.4, -0.2) is 31.6 Å². The molecule has 100 valence electrons. The second-order valence-corrected chi connectivity index (χ2v) is 6.63. The Hall–Kier alpha value is 0.0400. The third-order valence-corrected chi connectivity index (χ3v) is 4.35. The summed E-state index contributed by atoms with van der Waals surface area (Å²) in [6.45, 7) is 3.26. The van der Waals surface area contributed by atoms with Crippen LogP contribution in [0.5, 0.6) is 0 Å². The standard InChI is InChI=1S/C13H17BrCl2N2/c1-18-4-2-3-9(8-18)7-17-13-11(15)5-10(14)6-12(13)16/h5-6,9,17H,2-4,7-8H2,1H3. The molecule has 0 aliphatic carbocycles. The molecule has 18 heavy (non-hydrogen) atoms. The Labute approximate surface area is 127 Å². The summed E-state index contributed by atoms with van der Waals surface area (Å²) in [5.41, 5.74) is 0.842. The monoisotopic (exact) mass is 350 g/mol. The molecule has 0 aromatic heterocycles. The molecule has 1 unspecified atom stereocenters. The van der Waals surface area contributed by atoms with E-state index in [0.29, 0.717) is 16.0 Å². The van der Waals surface area contributed by atoms with Crippen molar-refractivity contribution in [2.75, 3.05) is 32.0 Å². The van der Waals surface area contributed by atoms with Gasteiger partial charge >= 0.3 is 0 Å². The van der Waals surface area contributed by atoms with E-state index >= 15 is 0 Å². The summed E-state index contributed by atoms with van der Waals surface area (Å²) < 4.78 is 0.903. The molecule has 2 rings (SSSR count). The van der Waals surface area contributed by atoms with Gasteiger partial charge in [0.05, 0.1) is 15.7 Å².